The van der Waals surface area contributed by atoms with Gasteiger partial charge in [0.1, 0.15) is 5.75 Å². The van der Waals surface area contributed by atoms with Crippen LogP contribution in [0.5, 0.6) is 5.75 Å². The topological polar surface area (TPSA) is 38.2 Å². The first-order valence-electron chi connectivity index (χ1n) is 10.6. The fraction of sp³-hybridized carbons (Fsp3) is 0.231. The van der Waals surface area contributed by atoms with E-state index in [9.17, 15) is 0 Å². The van der Waals surface area contributed by atoms with Crippen LogP contribution < -0.4 is 9.64 Å². The normalized spacial score (nSPS) is 16.1. The highest BCUT2D eigenvalue weighted by Gasteiger charge is 2.24. The molecule has 5 heteroatoms. The van der Waals surface area contributed by atoms with Gasteiger partial charge in [0.2, 0.25) is 0 Å². The minimum atomic E-state index is 0.406. The first-order chi connectivity index (χ1) is 15.2. The molecule has 1 atom stereocenters. The molecule has 0 aliphatic carbocycles. The van der Waals surface area contributed by atoms with Gasteiger partial charge in [-0.15, -0.1) is 11.8 Å². The number of para-hydroxylation sites is 2. The van der Waals surface area contributed by atoms with E-state index < -0.39 is 0 Å². The molecular weight excluding hydrogens is 402 g/mol. The van der Waals surface area contributed by atoms with Crippen molar-refractivity contribution in [1.29, 1.82) is 0 Å². The van der Waals surface area contributed by atoms with Crippen LogP contribution in [-0.2, 0) is 6.54 Å². The molecular formula is C26H25N3OS. The van der Waals surface area contributed by atoms with Crippen LogP contribution in [0.25, 0.3) is 11.0 Å². The summed E-state index contributed by atoms with van der Waals surface area (Å²) < 4.78 is 5.46. The van der Waals surface area contributed by atoms with Crippen LogP contribution in [0.3, 0.4) is 0 Å². The van der Waals surface area contributed by atoms with Gasteiger partial charge in [-0.2, -0.15) is 0 Å². The lowest BCUT2D eigenvalue weighted by Crippen LogP contribution is -2.24. The molecule has 0 amide bonds. The van der Waals surface area contributed by atoms with Crippen LogP contribution in [0.4, 0.5) is 5.69 Å². The van der Waals surface area contributed by atoms with Crippen LogP contribution in [0.15, 0.2) is 78.0 Å². The lowest BCUT2D eigenvalue weighted by molar-refractivity contribution is 0.411. The molecule has 1 aromatic heterocycles. The molecule has 31 heavy (non-hydrogen) atoms. The second-order valence-corrected chi connectivity index (χ2v) is 9.10. The Morgan fingerprint density at radius 2 is 1.90 bits per heavy atom. The maximum absolute atomic E-state index is 5.46. The third kappa shape index (κ3) is 3.98. The van der Waals surface area contributed by atoms with Gasteiger partial charge in [-0.25, -0.2) is 0 Å². The maximum atomic E-state index is 5.46. The highest BCUT2D eigenvalue weighted by molar-refractivity contribution is 7.99. The predicted molar refractivity (Wildman–Crippen MR) is 128 cm³/mol. The van der Waals surface area contributed by atoms with Crippen LogP contribution >= 0.6 is 11.8 Å². The summed E-state index contributed by atoms with van der Waals surface area (Å²) in [6.45, 7) is 3.92. The first-order valence-corrected chi connectivity index (χ1v) is 11.4. The molecule has 0 radical (unpaired) electrons. The Kier molecular flexibility index (Phi) is 5.51. The lowest BCUT2D eigenvalue weighted by atomic mass is 10.0. The van der Waals surface area contributed by atoms with Crippen molar-refractivity contribution in [3.05, 3.63) is 89.7 Å². The fourth-order valence-corrected chi connectivity index (χ4v) is 5.60. The molecule has 0 saturated heterocycles. The van der Waals surface area contributed by atoms with Gasteiger partial charge in [-0.1, -0.05) is 36.4 Å². The van der Waals surface area contributed by atoms with Gasteiger partial charge in [0.25, 0.3) is 0 Å². The summed E-state index contributed by atoms with van der Waals surface area (Å²) in [5.41, 5.74) is 6.98. The zero-order valence-electron chi connectivity index (χ0n) is 17.8. The van der Waals surface area contributed by atoms with E-state index in [1.807, 2.05) is 17.8 Å². The molecule has 156 valence electrons. The SMILES string of the molecule is COc1ccc(C2CCN(Cc3cccc4nccnc34)c3ccccc3S2)cc1C. The van der Waals surface area contributed by atoms with Gasteiger partial charge in [-0.3, -0.25) is 9.97 Å². The van der Waals surface area contributed by atoms with Gasteiger partial charge in [0.05, 0.1) is 23.8 Å². The van der Waals surface area contributed by atoms with Crippen LogP contribution in [0.2, 0.25) is 0 Å². The first kappa shape index (κ1) is 19.9. The second kappa shape index (κ2) is 8.60. The van der Waals surface area contributed by atoms with E-state index >= 15 is 0 Å². The molecule has 0 saturated carbocycles. The number of hydrogen-bond donors (Lipinski definition) is 0. The third-order valence-electron chi connectivity index (χ3n) is 5.87. The van der Waals surface area contributed by atoms with Crippen molar-refractivity contribution < 1.29 is 4.74 Å². The number of hydrogen-bond acceptors (Lipinski definition) is 5. The molecule has 3 aromatic carbocycles. The molecule has 0 fully saturated rings. The van der Waals surface area contributed by atoms with E-state index in [2.05, 4.69) is 76.4 Å². The van der Waals surface area contributed by atoms with Crippen LogP contribution in [-0.4, -0.2) is 23.6 Å². The van der Waals surface area contributed by atoms with Gasteiger partial charge in [0, 0.05) is 35.6 Å². The lowest BCUT2D eigenvalue weighted by Gasteiger charge is -2.25. The molecule has 0 N–H and O–H groups in total. The Hall–Kier alpha value is -3.05. The minimum absolute atomic E-state index is 0.406. The molecule has 5 rings (SSSR count). The standard InChI is InChI=1S/C26H25N3OS/c1-18-16-19(10-11-23(18)30-2)24-12-15-29(22-8-3-4-9-25(22)31-24)17-20-6-5-7-21-26(20)28-14-13-27-21/h3-11,13-14,16,24H,12,15,17H2,1-2H3. The van der Waals surface area contributed by atoms with Gasteiger partial charge >= 0.3 is 0 Å². The zero-order valence-corrected chi connectivity index (χ0v) is 18.6. The van der Waals surface area contributed by atoms with Crippen molar-refractivity contribution in [3.8, 4) is 5.75 Å². The molecule has 1 aliphatic heterocycles. The fourth-order valence-electron chi connectivity index (χ4n) is 4.31. The van der Waals surface area contributed by atoms with E-state index in [1.54, 1.807) is 19.5 Å². The summed E-state index contributed by atoms with van der Waals surface area (Å²) in [6, 6.07) is 21.6. The summed E-state index contributed by atoms with van der Waals surface area (Å²) in [4.78, 5) is 12.9. The number of methoxy groups -OCH3 is 1. The molecule has 4 aromatic rings. The zero-order chi connectivity index (χ0) is 21.2. The van der Waals surface area contributed by atoms with Crippen molar-refractivity contribution in [2.45, 2.75) is 30.0 Å². The average Bonchev–Trinajstić information content (AvgIpc) is 2.99. The number of benzene rings is 3. The summed E-state index contributed by atoms with van der Waals surface area (Å²) >= 11 is 1.96. The monoisotopic (exact) mass is 427 g/mol. The van der Waals surface area contributed by atoms with Crippen molar-refractivity contribution in [2.24, 2.45) is 0 Å². The molecule has 4 nitrogen and oxygen atoms in total. The molecule has 0 spiro atoms. The van der Waals surface area contributed by atoms with E-state index in [0.717, 1.165) is 36.3 Å². The molecule has 1 aliphatic rings. The average molecular weight is 428 g/mol. The highest BCUT2D eigenvalue weighted by Crippen LogP contribution is 2.46. The van der Waals surface area contributed by atoms with Gasteiger partial charge in [0.15, 0.2) is 0 Å². The Morgan fingerprint density at radius 1 is 1.03 bits per heavy atom. The summed E-state index contributed by atoms with van der Waals surface area (Å²) in [7, 11) is 1.73. The summed E-state index contributed by atoms with van der Waals surface area (Å²) in [5.74, 6) is 0.946. The van der Waals surface area contributed by atoms with Crippen molar-refractivity contribution in [3.63, 3.8) is 0 Å². The molecule has 1 unspecified atom stereocenters. The minimum Gasteiger partial charge on any atom is -0.496 e. The Balaban J connectivity index is 1.47. The van der Waals surface area contributed by atoms with E-state index in [-0.39, 0.29) is 0 Å². The number of anilines is 1. The number of aryl methyl sites for hydroxylation is 1. The number of nitrogens with zero attached hydrogens (tertiary/aromatic N) is 3. The van der Waals surface area contributed by atoms with E-state index in [1.165, 1.54) is 27.3 Å². The molecule has 0 bridgehead atoms. The highest BCUT2D eigenvalue weighted by atomic mass is 32.2. The van der Waals surface area contributed by atoms with Crippen molar-refractivity contribution in [1.82, 2.24) is 9.97 Å². The Bertz CT molecular complexity index is 1220. The summed E-state index contributed by atoms with van der Waals surface area (Å²) in [6.07, 6.45) is 4.60. The maximum Gasteiger partial charge on any atom is 0.121 e. The predicted octanol–water partition coefficient (Wildman–Crippen LogP) is 6.19. The van der Waals surface area contributed by atoms with Crippen molar-refractivity contribution >= 4 is 28.5 Å². The van der Waals surface area contributed by atoms with Gasteiger partial charge in [-0.05, 0) is 54.3 Å². The number of rotatable bonds is 4. The van der Waals surface area contributed by atoms with Crippen LogP contribution in [0.1, 0.15) is 28.4 Å². The number of fused-ring (bicyclic) bond motifs is 2. The smallest absolute Gasteiger partial charge is 0.121 e. The quantitative estimate of drug-likeness (QED) is 0.388. The summed E-state index contributed by atoms with van der Waals surface area (Å²) in [5, 5.41) is 0.406. The third-order valence-corrected chi connectivity index (χ3v) is 7.26. The van der Waals surface area contributed by atoms with E-state index in [0.29, 0.717) is 5.25 Å². The Labute approximate surface area is 187 Å². The second-order valence-electron chi connectivity index (χ2n) is 7.85. The van der Waals surface area contributed by atoms with E-state index in [4.69, 9.17) is 4.74 Å². The number of ether oxygens (including phenoxy) is 1. The number of thioether (sulfide) groups is 1. The molecule has 2 heterocycles. The van der Waals surface area contributed by atoms with Crippen LogP contribution in [0, 0.1) is 6.92 Å². The largest absolute Gasteiger partial charge is 0.496 e. The number of aromatic nitrogens is 2. The van der Waals surface area contributed by atoms with Crippen molar-refractivity contribution in [2.75, 3.05) is 18.6 Å². The van der Waals surface area contributed by atoms with Gasteiger partial charge < -0.3 is 9.64 Å². The Morgan fingerprint density at radius 3 is 2.77 bits per heavy atom.